The number of aldehydes is 1. The second kappa shape index (κ2) is 4.09. The summed E-state index contributed by atoms with van der Waals surface area (Å²) in [6, 6.07) is 7.95. The molecule has 0 aliphatic rings. The number of hydrogen-bond donors (Lipinski definition) is 0. The number of aromatic nitrogens is 1. The molecule has 3 heteroatoms. The minimum atomic E-state index is 0.277. The van der Waals surface area contributed by atoms with Gasteiger partial charge in [0.25, 0.3) is 0 Å². The van der Waals surface area contributed by atoms with Crippen LogP contribution in [0.25, 0.3) is 11.3 Å². The molecule has 76 valence electrons. The monoisotopic (exact) mass is 201 g/mol. The minimum absolute atomic E-state index is 0.277. The third-order valence-corrected chi connectivity index (χ3v) is 2.34. The van der Waals surface area contributed by atoms with Gasteiger partial charge in [0.15, 0.2) is 18.4 Å². The maximum atomic E-state index is 10.7. The first-order chi connectivity index (χ1) is 7.35. The van der Waals surface area contributed by atoms with Crippen molar-refractivity contribution in [2.75, 3.05) is 0 Å². The molecule has 1 aromatic heterocycles. The Balaban J connectivity index is 2.41. The number of nitrogens with zero attached hydrogens (tertiary/aromatic N) is 1. The summed E-state index contributed by atoms with van der Waals surface area (Å²) in [6.07, 6.45) is 2.96. The van der Waals surface area contributed by atoms with E-state index in [0.29, 0.717) is 12.0 Å². The summed E-state index contributed by atoms with van der Waals surface area (Å²) in [5.41, 5.74) is 2.77. The lowest BCUT2D eigenvalue weighted by Gasteiger charge is -1.99. The van der Waals surface area contributed by atoms with E-state index in [0.717, 1.165) is 12.0 Å². The fourth-order valence-electron chi connectivity index (χ4n) is 1.45. The molecule has 15 heavy (non-hydrogen) atoms. The zero-order valence-corrected chi connectivity index (χ0v) is 8.43. The largest absolute Gasteiger partial charge is 0.440 e. The lowest BCUT2D eigenvalue weighted by atomic mass is 10.1. The van der Waals surface area contributed by atoms with E-state index in [4.69, 9.17) is 4.42 Å². The van der Waals surface area contributed by atoms with Crippen LogP contribution in [0.1, 0.15) is 23.0 Å². The van der Waals surface area contributed by atoms with E-state index in [9.17, 15) is 4.79 Å². The third kappa shape index (κ3) is 1.81. The molecule has 0 aliphatic carbocycles. The number of carbonyl (C=O) groups is 1. The quantitative estimate of drug-likeness (QED) is 0.717. The van der Waals surface area contributed by atoms with E-state index >= 15 is 0 Å². The zero-order chi connectivity index (χ0) is 10.7. The summed E-state index contributed by atoms with van der Waals surface area (Å²) in [5, 5.41) is 0. The van der Waals surface area contributed by atoms with Crippen LogP contribution in [0.5, 0.6) is 0 Å². The molecule has 0 amide bonds. The van der Waals surface area contributed by atoms with Crippen molar-refractivity contribution in [2.24, 2.45) is 0 Å². The van der Waals surface area contributed by atoms with Crippen molar-refractivity contribution < 1.29 is 9.21 Å². The molecule has 0 N–H and O–H groups in total. The summed E-state index contributed by atoms with van der Waals surface area (Å²) in [5.74, 6) is 0.277. The van der Waals surface area contributed by atoms with Crippen LogP contribution in [0.15, 0.2) is 35.1 Å². The Hall–Kier alpha value is -1.90. The van der Waals surface area contributed by atoms with Crippen LogP contribution in [-0.2, 0) is 6.42 Å². The van der Waals surface area contributed by atoms with Crippen molar-refractivity contribution in [3.63, 3.8) is 0 Å². The number of aryl methyl sites for hydroxylation is 1. The van der Waals surface area contributed by atoms with Crippen molar-refractivity contribution in [1.29, 1.82) is 0 Å². The van der Waals surface area contributed by atoms with E-state index in [1.165, 1.54) is 12.0 Å². The molecule has 3 nitrogen and oxygen atoms in total. The molecule has 2 rings (SSSR count). The van der Waals surface area contributed by atoms with Crippen molar-refractivity contribution in [2.45, 2.75) is 13.3 Å². The number of carbonyl (C=O) groups excluding carboxylic acids is 1. The first-order valence-corrected chi connectivity index (χ1v) is 4.83. The van der Waals surface area contributed by atoms with E-state index < -0.39 is 0 Å². The van der Waals surface area contributed by atoms with E-state index in [1.807, 2.05) is 24.3 Å². The molecule has 0 atom stereocenters. The molecule has 0 saturated carbocycles. The van der Waals surface area contributed by atoms with Crippen LogP contribution in [0.4, 0.5) is 0 Å². The summed E-state index contributed by atoms with van der Waals surface area (Å²) < 4.78 is 4.95. The van der Waals surface area contributed by atoms with Gasteiger partial charge in [0.05, 0.1) is 0 Å². The van der Waals surface area contributed by atoms with Gasteiger partial charge >= 0.3 is 0 Å². The molecule has 0 bridgehead atoms. The topological polar surface area (TPSA) is 43.1 Å². The third-order valence-electron chi connectivity index (χ3n) is 2.34. The summed E-state index contributed by atoms with van der Waals surface area (Å²) >= 11 is 0. The fraction of sp³-hybridized carbons (Fsp3) is 0.167. The van der Waals surface area contributed by atoms with Crippen molar-refractivity contribution in [1.82, 2.24) is 4.98 Å². The van der Waals surface area contributed by atoms with Crippen molar-refractivity contribution in [3.8, 4) is 11.3 Å². The second-order valence-corrected chi connectivity index (χ2v) is 3.23. The average molecular weight is 201 g/mol. The van der Waals surface area contributed by atoms with Gasteiger partial charge in [-0.25, -0.2) is 4.98 Å². The first-order valence-electron chi connectivity index (χ1n) is 4.83. The standard InChI is InChI=1S/C12H11NO2/c1-2-9-3-5-10(6-4-9)12-11(7-14)15-8-13-12/h3-8H,2H2,1H3. The van der Waals surface area contributed by atoms with Gasteiger partial charge in [-0.3, -0.25) is 4.79 Å². The predicted octanol–water partition coefficient (Wildman–Crippen LogP) is 2.72. The van der Waals surface area contributed by atoms with Gasteiger partial charge < -0.3 is 4.42 Å². The lowest BCUT2D eigenvalue weighted by Crippen LogP contribution is -1.85. The molecule has 0 spiro atoms. The first kappa shape index (κ1) is 9.65. The SMILES string of the molecule is CCc1ccc(-c2ncoc2C=O)cc1. The lowest BCUT2D eigenvalue weighted by molar-refractivity contribution is 0.110. The van der Waals surface area contributed by atoms with Gasteiger partial charge in [0, 0.05) is 5.56 Å². The summed E-state index contributed by atoms with van der Waals surface area (Å²) in [6.45, 7) is 2.10. The van der Waals surface area contributed by atoms with Crippen LogP contribution in [0, 0.1) is 0 Å². The number of hydrogen-bond acceptors (Lipinski definition) is 3. The summed E-state index contributed by atoms with van der Waals surface area (Å²) in [4.78, 5) is 14.7. The minimum Gasteiger partial charge on any atom is -0.440 e. The highest BCUT2D eigenvalue weighted by molar-refractivity contribution is 5.81. The van der Waals surface area contributed by atoms with Crippen LogP contribution < -0.4 is 0 Å². The highest BCUT2D eigenvalue weighted by Gasteiger charge is 2.08. The Labute approximate surface area is 87.8 Å². The predicted molar refractivity (Wildman–Crippen MR) is 56.7 cm³/mol. The molecule has 0 aliphatic heterocycles. The Morgan fingerprint density at radius 2 is 2.07 bits per heavy atom. The van der Waals surface area contributed by atoms with Gasteiger partial charge in [-0.1, -0.05) is 31.2 Å². The molecule has 0 saturated heterocycles. The Kier molecular flexibility index (Phi) is 2.63. The van der Waals surface area contributed by atoms with Crippen LogP contribution in [0.3, 0.4) is 0 Å². The smallest absolute Gasteiger partial charge is 0.194 e. The normalized spacial score (nSPS) is 10.2. The molecule has 0 radical (unpaired) electrons. The molecule has 2 aromatic rings. The summed E-state index contributed by atoms with van der Waals surface area (Å²) in [7, 11) is 0. The number of rotatable bonds is 3. The van der Waals surface area contributed by atoms with Crippen LogP contribution in [-0.4, -0.2) is 11.3 Å². The van der Waals surface area contributed by atoms with Crippen molar-refractivity contribution >= 4 is 6.29 Å². The van der Waals surface area contributed by atoms with Gasteiger partial charge in [-0.05, 0) is 12.0 Å². The highest BCUT2D eigenvalue weighted by Crippen LogP contribution is 2.21. The number of benzene rings is 1. The maximum Gasteiger partial charge on any atom is 0.194 e. The maximum absolute atomic E-state index is 10.7. The van der Waals surface area contributed by atoms with Gasteiger partial charge in [0.2, 0.25) is 0 Å². The van der Waals surface area contributed by atoms with Crippen molar-refractivity contribution in [3.05, 3.63) is 42.0 Å². The molecule has 0 unspecified atom stereocenters. The Morgan fingerprint density at radius 3 is 2.67 bits per heavy atom. The number of oxazole rings is 1. The van der Waals surface area contributed by atoms with E-state index in [2.05, 4.69) is 11.9 Å². The molecular weight excluding hydrogens is 190 g/mol. The average Bonchev–Trinajstić information content (AvgIpc) is 2.77. The van der Waals surface area contributed by atoms with Gasteiger partial charge in [-0.2, -0.15) is 0 Å². The van der Waals surface area contributed by atoms with Gasteiger partial charge in [-0.15, -0.1) is 0 Å². The molecule has 1 heterocycles. The fourth-order valence-corrected chi connectivity index (χ4v) is 1.45. The molecule has 0 fully saturated rings. The Bertz CT molecular complexity index is 457. The second-order valence-electron chi connectivity index (χ2n) is 3.23. The highest BCUT2D eigenvalue weighted by atomic mass is 16.3. The van der Waals surface area contributed by atoms with E-state index in [-0.39, 0.29) is 5.76 Å². The molecular formula is C12H11NO2. The Morgan fingerprint density at radius 1 is 1.33 bits per heavy atom. The van der Waals surface area contributed by atoms with E-state index in [1.54, 1.807) is 0 Å². The zero-order valence-electron chi connectivity index (χ0n) is 8.43. The molecule has 1 aromatic carbocycles. The van der Waals surface area contributed by atoms with Gasteiger partial charge in [0.1, 0.15) is 5.69 Å². The van der Waals surface area contributed by atoms with Crippen LogP contribution in [0.2, 0.25) is 0 Å². The van der Waals surface area contributed by atoms with Crippen LogP contribution >= 0.6 is 0 Å².